The summed E-state index contributed by atoms with van der Waals surface area (Å²) >= 11 is 0. The molecule has 138 valence electrons. The van der Waals surface area contributed by atoms with Crippen LogP contribution in [0.15, 0.2) is 60.1 Å². The molecular weight excluding hydrogens is 344 g/mol. The number of carbonyl (C=O) groups is 1. The number of aromatic nitrogens is 3. The Morgan fingerprint density at radius 3 is 2.74 bits per heavy atom. The number of esters is 1. The van der Waals surface area contributed by atoms with Crippen molar-refractivity contribution < 1.29 is 14.3 Å². The van der Waals surface area contributed by atoms with Crippen LogP contribution in [0, 0.1) is 0 Å². The predicted molar refractivity (Wildman–Crippen MR) is 101 cm³/mol. The molecule has 0 radical (unpaired) electrons. The van der Waals surface area contributed by atoms with Gasteiger partial charge in [0, 0.05) is 25.2 Å². The third-order valence-corrected chi connectivity index (χ3v) is 4.59. The van der Waals surface area contributed by atoms with Crippen molar-refractivity contribution in [2.24, 2.45) is 0 Å². The second-order valence-electron chi connectivity index (χ2n) is 6.27. The van der Waals surface area contributed by atoms with Crippen LogP contribution in [-0.4, -0.2) is 40.8 Å². The summed E-state index contributed by atoms with van der Waals surface area (Å²) in [4.78, 5) is 21.7. The molecule has 7 nitrogen and oxygen atoms in total. The van der Waals surface area contributed by atoms with E-state index in [0.29, 0.717) is 18.1 Å². The zero-order chi connectivity index (χ0) is 18.8. The summed E-state index contributed by atoms with van der Waals surface area (Å²) in [6, 6.07) is 11.3. The highest BCUT2D eigenvalue weighted by molar-refractivity contribution is 5.94. The fourth-order valence-corrected chi connectivity index (χ4v) is 3.38. The highest BCUT2D eigenvalue weighted by atomic mass is 16.6. The van der Waals surface area contributed by atoms with E-state index >= 15 is 0 Å². The van der Waals surface area contributed by atoms with Crippen LogP contribution < -0.4 is 5.32 Å². The Morgan fingerprint density at radius 1 is 1.19 bits per heavy atom. The fourth-order valence-electron chi connectivity index (χ4n) is 3.38. The first-order valence-electron chi connectivity index (χ1n) is 8.71. The molecule has 0 spiro atoms. The van der Waals surface area contributed by atoms with Gasteiger partial charge in [0.05, 0.1) is 29.3 Å². The Bertz CT molecular complexity index is 1010. The van der Waals surface area contributed by atoms with E-state index < -0.39 is 0 Å². The number of nitrogens with zero attached hydrogens (tertiary/aromatic N) is 3. The van der Waals surface area contributed by atoms with Gasteiger partial charge in [0.1, 0.15) is 6.61 Å². The number of anilines is 1. The topological polar surface area (TPSA) is 78.3 Å². The van der Waals surface area contributed by atoms with Gasteiger partial charge in [-0.1, -0.05) is 12.1 Å². The number of benzene rings is 1. The minimum atomic E-state index is -0.373. The molecular formula is C20H20N4O3. The lowest BCUT2D eigenvalue weighted by Crippen LogP contribution is -2.29. The van der Waals surface area contributed by atoms with Crippen molar-refractivity contribution in [2.45, 2.75) is 13.0 Å². The molecule has 0 fully saturated rings. The largest absolute Gasteiger partial charge is 0.460 e. The molecule has 0 saturated heterocycles. The number of nitrogens with one attached hydrogen (secondary N) is 1. The van der Waals surface area contributed by atoms with Crippen molar-refractivity contribution in [1.82, 2.24) is 14.5 Å². The number of rotatable bonds is 5. The van der Waals surface area contributed by atoms with Gasteiger partial charge in [0.15, 0.2) is 0 Å². The number of allylic oxidation sites excluding steroid dienone is 1. The molecule has 0 bridgehead atoms. The van der Waals surface area contributed by atoms with E-state index in [1.165, 1.54) is 0 Å². The van der Waals surface area contributed by atoms with Crippen LogP contribution in [0.5, 0.6) is 0 Å². The lowest BCUT2D eigenvalue weighted by molar-refractivity contribution is -0.140. The van der Waals surface area contributed by atoms with Gasteiger partial charge in [-0.15, -0.1) is 0 Å². The summed E-state index contributed by atoms with van der Waals surface area (Å²) < 4.78 is 12.5. The zero-order valence-electron chi connectivity index (χ0n) is 15.2. The third kappa shape index (κ3) is 3.06. The molecule has 0 aliphatic carbocycles. The zero-order valence-corrected chi connectivity index (χ0v) is 15.2. The number of carbonyl (C=O) groups excluding carboxylic acids is 1. The average Bonchev–Trinajstić information content (AvgIpc) is 3.05. The molecule has 1 aliphatic rings. The minimum Gasteiger partial charge on any atom is -0.460 e. The van der Waals surface area contributed by atoms with Gasteiger partial charge in [0.25, 0.3) is 0 Å². The van der Waals surface area contributed by atoms with E-state index in [2.05, 4.69) is 15.3 Å². The number of hydrogen-bond acceptors (Lipinski definition) is 6. The maximum Gasteiger partial charge on any atom is 0.338 e. The summed E-state index contributed by atoms with van der Waals surface area (Å²) in [6.45, 7) is 2.42. The lowest BCUT2D eigenvalue weighted by atomic mass is 9.96. The smallest absolute Gasteiger partial charge is 0.338 e. The van der Waals surface area contributed by atoms with Gasteiger partial charge in [-0.3, -0.25) is 9.55 Å². The molecule has 4 rings (SSSR count). The molecule has 1 aromatic carbocycles. The SMILES string of the molecule is COCCOC(=O)C1=C(C)Nc2nc3ccccc3n2C1c1ccncc1. The molecule has 27 heavy (non-hydrogen) atoms. The van der Waals surface area contributed by atoms with E-state index in [4.69, 9.17) is 9.47 Å². The van der Waals surface area contributed by atoms with E-state index in [9.17, 15) is 4.79 Å². The molecule has 1 atom stereocenters. The van der Waals surface area contributed by atoms with Gasteiger partial charge in [0.2, 0.25) is 5.95 Å². The number of methoxy groups -OCH3 is 1. The second-order valence-corrected chi connectivity index (χ2v) is 6.27. The first kappa shape index (κ1) is 17.2. The summed E-state index contributed by atoms with van der Waals surface area (Å²) in [6.07, 6.45) is 3.44. The van der Waals surface area contributed by atoms with Crippen LogP contribution in [-0.2, 0) is 14.3 Å². The van der Waals surface area contributed by atoms with Crippen LogP contribution in [0.2, 0.25) is 0 Å². The number of imidazole rings is 1. The van der Waals surface area contributed by atoms with Crippen LogP contribution >= 0.6 is 0 Å². The first-order valence-corrected chi connectivity index (χ1v) is 8.71. The summed E-state index contributed by atoms with van der Waals surface area (Å²) in [7, 11) is 1.57. The molecule has 0 amide bonds. The fraction of sp³-hybridized carbons (Fsp3) is 0.250. The molecule has 3 heterocycles. The average molecular weight is 364 g/mol. The Kier molecular flexibility index (Phi) is 4.60. The molecule has 1 aliphatic heterocycles. The molecule has 3 aromatic rings. The van der Waals surface area contributed by atoms with E-state index in [1.807, 2.05) is 47.9 Å². The van der Waals surface area contributed by atoms with E-state index in [-0.39, 0.29) is 18.6 Å². The van der Waals surface area contributed by atoms with Gasteiger partial charge in [-0.2, -0.15) is 0 Å². The minimum absolute atomic E-state index is 0.201. The molecule has 2 aromatic heterocycles. The normalized spacial score (nSPS) is 16.1. The van der Waals surface area contributed by atoms with Gasteiger partial charge in [-0.25, -0.2) is 9.78 Å². The highest BCUT2D eigenvalue weighted by Crippen LogP contribution is 2.39. The third-order valence-electron chi connectivity index (χ3n) is 4.59. The number of para-hydroxylation sites is 2. The predicted octanol–water partition coefficient (Wildman–Crippen LogP) is 2.91. The van der Waals surface area contributed by atoms with Crippen LogP contribution in [0.25, 0.3) is 11.0 Å². The Balaban J connectivity index is 1.86. The number of pyridine rings is 1. The van der Waals surface area contributed by atoms with Gasteiger partial charge >= 0.3 is 5.97 Å². The quantitative estimate of drug-likeness (QED) is 0.554. The Labute approximate surface area is 156 Å². The molecule has 1 N–H and O–H groups in total. The highest BCUT2D eigenvalue weighted by Gasteiger charge is 2.34. The maximum absolute atomic E-state index is 12.9. The van der Waals surface area contributed by atoms with Gasteiger partial charge in [-0.05, 0) is 36.8 Å². The summed E-state index contributed by atoms with van der Waals surface area (Å²) in [5.41, 5.74) is 4.02. The molecule has 7 heteroatoms. The Morgan fingerprint density at radius 2 is 1.96 bits per heavy atom. The first-order chi connectivity index (χ1) is 13.2. The lowest BCUT2D eigenvalue weighted by Gasteiger charge is -2.30. The van der Waals surface area contributed by atoms with E-state index in [0.717, 1.165) is 22.3 Å². The van der Waals surface area contributed by atoms with Crippen molar-refractivity contribution in [3.63, 3.8) is 0 Å². The summed E-state index contributed by atoms with van der Waals surface area (Å²) in [5, 5.41) is 3.25. The molecule has 1 unspecified atom stereocenters. The van der Waals surface area contributed by atoms with E-state index in [1.54, 1.807) is 19.5 Å². The van der Waals surface area contributed by atoms with Crippen LogP contribution in [0.3, 0.4) is 0 Å². The maximum atomic E-state index is 12.9. The number of ether oxygens (including phenoxy) is 2. The molecule has 0 saturated carbocycles. The van der Waals surface area contributed by atoms with Crippen molar-refractivity contribution in [3.8, 4) is 0 Å². The van der Waals surface area contributed by atoms with Crippen LogP contribution in [0.1, 0.15) is 18.5 Å². The monoisotopic (exact) mass is 364 g/mol. The van der Waals surface area contributed by atoms with Crippen molar-refractivity contribution in [3.05, 3.63) is 65.6 Å². The summed E-state index contributed by atoms with van der Waals surface area (Å²) in [5.74, 6) is 0.325. The number of fused-ring (bicyclic) bond motifs is 3. The van der Waals surface area contributed by atoms with Gasteiger partial charge < -0.3 is 14.8 Å². The number of hydrogen-bond donors (Lipinski definition) is 1. The Hall–Kier alpha value is -3.19. The van der Waals surface area contributed by atoms with Crippen molar-refractivity contribution in [2.75, 3.05) is 25.6 Å². The standard InChI is InChI=1S/C20H20N4O3/c1-13-17(19(25)27-12-11-26-2)18(14-7-9-21-10-8-14)24-16-6-4-3-5-15(16)23-20(24)22-13/h3-10,18H,11-12H2,1-2H3,(H,22,23). The van der Waals surface area contributed by atoms with Crippen LogP contribution in [0.4, 0.5) is 5.95 Å². The van der Waals surface area contributed by atoms with Crippen molar-refractivity contribution >= 4 is 23.0 Å². The van der Waals surface area contributed by atoms with Crippen molar-refractivity contribution in [1.29, 1.82) is 0 Å². The second kappa shape index (κ2) is 7.20.